The van der Waals surface area contributed by atoms with E-state index in [1.54, 1.807) is 12.1 Å². The van der Waals surface area contributed by atoms with Crippen molar-refractivity contribution >= 4 is 27.1 Å². The Morgan fingerprint density at radius 1 is 1.37 bits per heavy atom. The second-order valence-corrected chi connectivity index (χ2v) is 7.32. The van der Waals surface area contributed by atoms with Crippen molar-refractivity contribution in [1.29, 1.82) is 0 Å². The number of alkyl halides is 1. The van der Waals surface area contributed by atoms with Gasteiger partial charge in [-0.25, -0.2) is 8.42 Å². The number of anilines is 1. The summed E-state index contributed by atoms with van der Waals surface area (Å²) in [4.78, 5) is 2.60. The number of hydrogen-bond donors (Lipinski definition) is 0. The van der Waals surface area contributed by atoms with Crippen LogP contribution in [0.15, 0.2) is 29.2 Å². The molecule has 0 amide bonds. The van der Waals surface area contributed by atoms with Crippen molar-refractivity contribution in [2.24, 2.45) is 0 Å². The van der Waals surface area contributed by atoms with E-state index in [4.69, 9.17) is 11.6 Å². The summed E-state index contributed by atoms with van der Waals surface area (Å²) < 4.78 is 24.7. The number of sulfone groups is 1. The maximum absolute atomic E-state index is 12.3. The summed E-state index contributed by atoms with van der Waals surface area (Å²) in [6.45, 7) is 2.77. The minimum Gasteiger partial charge on any atom is -0.366 e. The van der Waals surface area contributed by atoms with Crippen molar-refractivity contribution in [3.8, 4) is 0 Å². The van der Waals surface area contributed by atoms with E-state index in [-0.39, 0.29) is 11.8 Å². The zero-order chi connectivity index (χ0) is 13.9. The summed E-state index contributed by atoms with van der Waals surface area (Å²) >= 11 is 5.99. The monoisotopic (exact) mass is 301 g/mol. The fourth-order valence-corrected chi connectivity index (χ4v) is 4.52. The Bertz CT molecular complexity index is 530. The van der Waals surface area contributed by atoms with Gasteiger partial charge >= 0.3 is 0 Å². The lowest BCUT2D eigenvalue weighted by atomic mass is 10.2. The summed E-state index contributed by atoms with van der Waals surface area (Å²) in [5.74, 6) is 0.742. The standard InChI is InChI=1S/C14H20ClNO2S/c1-2-10-19(17,18)14-8-4-3-7-13(14)16-9-5-6-12(16)11-15/h3-4,7-8,12H,2,5-6,9-11H2,1H3. The average molecular weight is 302 g/mol. The summed E-state index contributed by atoms with van der Waals surface area (Å²) in [6.07, 6.45) is 2.74. The van der Waals surface area contributed by atoms with Gasteiger partial charge in [0, 0.05) is 18.5 Å². The van der Waals surface area contributed by atoms with E-state index in [0.717, 1.165) is 25.1 Å². The molecule has 5 heteroatoms. The molecule has 0 bridgehead atoms. The minimum absolute atomic E-state index is 0.198. The van der Waals surface area contributed by atoms with E-state index in [9.17, 15) is 8.42 Å². The highest BCUT2D eigenvalue weighted by Gasteiger charge is 2.28. The molecule has 1 heterocycles. The van der Waals surface area contributed by atoms with Gasteiger partial charge < -0.3 is 4.90 Å². The third kappa shape index (κ3) is 3.06. The van der Waals surface area contributed by atoms with E-state index < -0.39 is 9.84 Å². The molecule has 1 atom stereocenters. The highest BCUT2D eigenvalue weighted by molar-refractivity contribution is 7.91. The van der Waals surface area contributed by atoms with Gasteiger partial charge in [0.2, 0.25) is 0 Å². The molecule has 1 aliphatic rings. The second-order valence-electron chi connectivity index (χ2n) is 4.93. The molecule has 19 heavy (non-hydrogen) atoms. The van der Waals surface area contributed by atoms with Crippen LogP contribution in [0.3, 0.4) is 0 Å². The van der Waals surface area contributed by atoms with Crippen LogP contribution < -0.4 is 4.90 Å². The molecule has 3 nitrogen and oxygen atoms in total. The van der Waals surface area contributed by atoms with Gasteiger partial charge in [0.1, 0.15) is 0 Å². The van der Waals surface area contributed by atoms with Crippen molar-refractivity contribution in [1.82, 2.24) is 0 Å². The molecule has 1 aliphatic heterocycles. The van der Waals surface area contributed by atoms with Crippen LogP contribution in [0.4, 0.5) is 5.69 Å². The molecule has 1 unspecified atom stereocenters. The number of hydrogen-bond acceptors (Lipinski definition) is 3. The van der Waals surface area contributed by atoms with Crippen molar-refractivity contribution in [2.75, 3.05) is 23.1 Å². The highest BCUT2D eigenvalue weighted by atomic mass is 35.5. The van der Waals surface area contributed by atoms with E-state index in [1.165, 1.54) is 0 Å². The van der Waals surface area contributed by atoms with Gasteiger partial charge in [-0.05, 0) is 31.4 Å². The van der Waals surface area contributed by atoms with Crippen LogP contribution in [0.2, 0.25) is 0 Å². The quantitative estimate of drug-likeness (QED) is 0.784. The van der Waals surface area contributed by atoms with Gasteiger partial charge in [0.05, 0.1) is 16.3 Å². The first-order chi connectivity index (χ1) is 9.10. The topological polar surface area (TPSA) is 37.4 Å². The lowest BCUT2D eigenvalue weighted by molar-refractivity contribution is 0.594. The largest absolute Gasteiger partial charge is 0.366 e. The molecule has 1 aromatic rings. The average Bonchev–Trinajstić information content (AvgIpc) is 2.87. The Balaban J connectivity index is 2.42. The van der Waals surface area contributed by atoms with Crippen LogP contribution >= 0.6 is 11.6 Å². The summed E-state index contributed by atoms with van der Waals surface area (Å²) in [5.41, 5.74) is 0.819. The Morgan fingerprint density at radius 2 is 2.11 bits per heavy atom. The number of rotatable bonds is 5. The van der Waals surface area contributed by atoms with Crippen molar-refractivity contribution in [3.05, 3.63) is 24.3 Å². The second kappa shape index (κ2) is 6.14. The fourth-order valence-electron chi connectivity index (χ4n) is 2.65. The highest BCUT2D eigenvalue weighted by Crippen LogP contribution is 2.32. The van der Waals surface area contributed by atoms with Gasteiger partial charge in [-0.15, -0.1) is 11.6 Å². The number of benzene rings is 1. The summed E-state index contributed by atoms with van der Waals surface area (Å²) in [6, 6.07) is 7.54. The SMILES string of the molecule is CCCS(=O)(=O)c1ccccc1N1CCCC1CCl. The predicted molar refractivity (Wildman–Crippen MR) is 79.9 cm³/mol. The zero-order valence-corrected chi connectivity index (χ0v) is 12.8. The van der Waals surface area contributed by atoms with Crippen LogP contribution in [0.25, 0.3) is 0 Å². The van der Waals surface area contributed by atoms with Crippen LogP contribution in [0.5, 0.6) is 0 Å². The third-order valence-corrected chi connectivity index (χ3v) is 5.86. The Kier molecular flexibility index (Phi) is 4.74. The van der Waals surface area contributed by atoms with Gasteiger partial charge in [-0.3, -0.25) is 0 Å². The normalized spacial score (nSPS) is 19.9. The Morgan fingerprint density at radius 3 is 2.79 bits per heavy atom. The molecule has 0 aliphatic carbocycles. The lowest BCUT2D eigenvalue weighted by Gasteiger charge is -2.27. The van der Waals surface area contributed by atoms with Crippen LogP contribution in [0.1, 0.15) is 26.2 Å². The van der Waals surface area contributed by atoms with Crippen molar-refractivity contribution in [2.45, 2.75) is 37.1 Å². The first-order valence-corrected chi connectivity index (χ1v) is 8.93. The predicted octanol–water partition coefficient (Wildman–Crippen LogP) is 3.08. The first kappa shape index (κ1) is 14.7. The molecule has 0 aromatic heterocycles. The van der Waals surface area contributed by atoms with Gasteiger partial charge in [0.25, 0.3) is 0 Å². The van der Waals surface area contributed by atoms with Gasteiger partial charge in [-0.1, -0.05) is 19.1 Å². The summed E-state index contributed by atoms with van der Waals surface area (Å²) in [5, 5.41) is 0. The minimum atomic E-state index is -3.19. The van der Waals surface area contributed by atoms with Crippen LogP contribution in [0, 0.1) is 0 Å². The zero-order valence-electron chi connectivity index (χ0n) is 11.2. The van der Waals surface area contributed by atoms with E-state index >= 15 is 0 Å². The number of nitrogens with zero attached hydrogens (tertiary/aromatic N) is 1. The van der Waals surface area contributed by atoms with Crippen LogP contribution in [-0.2, 0) is 9.84 Å². The molecule has 0 spiro atoms. The number of para-hydroxylation sites is 1. The van der Waals surface area contributed by atoms with E-state index in [2.05, 4.69) is 4.90 Å². The molecular weight excluding hydrogens is 282 g/mol. The molecule has 1 fully saturated rings. The van der Waals surface area contributed by atoms with Crippen molar-refractivity contribution < 1.29 is 8.42 Å². The molecule has 0 saturated carbocycles. The maximum Gasteiger partial charge on any atom is 0.180 e. The first-order valence-electron chi connectivity index (χ1n) is 6.74. The maximum atomic E-state index is 12.3. The van der Waals surface area contributed by atoms with Crippen molar-refractivity contribution in [3.63, 3.8) is 0 Å². The lowest BCUT2D eigenvalue weighted by Crippen LogP contribution is -2.31. The molecule has 1 aromatic carbocycles. The van der Waals surface area contributed by atoms with E-state index in [0.29, 0.717) is 17.2 Å². The van der Waals surface area contributed by atoms with Gasteiger partial charge in [-0.2, -0.15) is 0 Å². The third-order valence-electron chi connectivity index (χ3n) is 3.54. The fraction of sp³-hybridized carbons (Fsp3) is 0.571. The van der Waals surface area contributed by atoms with Crippen LogP contribution in [-0.4, -0.2) is 32.6 Å². The smallest absolute Gasteiger partial charge is 0.180 e. The Labute approximate surface area is 120 Å². The number of halogens is 1. The summed E-state index contributed by atoms with van der Waals surface area (Å²) in [7, 11) is -3.19. The van der Waals surface area contributed by atoms with Gasteiger partial charge in [0.15, 0.2) is 9.84 Å². The Hall–Kier alpha value is -0.740. The molecule has 106 valence electrons. The molecule has 0 N–H and O–H groups in total. The molecule has 1 saturated heterocycles. The van der Waals surface area contributed by atoms with E-state index in [1.807, 2.05) is 19.1 Å². The molecular formula is C14H20ClNO2S. The molecule has 0 radical (unpaired) electrons. The molecule has 2 rings (SSSR count).